The maximum Gasteiger partial charge on any atom is 0.303 e. The fourth-order valence-electron chi connectivity index (χ4n) is 4.09. The number of aromatic nitrogens is 3. The number of carboxylic acid groups (broad SMARTS) is 1. The van der Waals surface area contributed by atoms with E-state index in [2.05, 4.69) is 24.3 Å². The lowest BCUT2D eigenvalue weighted by Crippen LogP contribution is -2.02. The van der Waals surface area contributed by atoms with Crippen molar-refractivity contribution in [3.63, 3.8) is 0 Å². The lowest BCUT2D eigenvalue weighted by atomic mass is 10.0. The van der Waals surface area contributed by atoms with Crippen molar-refractivity contribution in [2.24, 2.45) is 0 Å². The van der Waals surface area contributed by atoms with Gasteiger partial charge in [0.1, 0.15) is 10.2 Å². The zero-order chi connectivity index (χ0) is 23.7. The molecule has 34 heavy (non-hydrogen) atoms. The predicted octanol–water partition coefficient (Wildman–Crippen LogP) is 7.06. The largest absolute Gasteiger partial charge is 0.481 e. The molecule has 0 saturated heterocycles. The summed E-state index contributed by atoms with van der Waals surface area (Å²) in [6.07, 6.45) is 2.33. The number of aryl methyl sites for hydroxylation is 1. The third kappa shape index (κ3) is 4.47. The highest BCUT2D eigenvalue weighted by molar-refractivity contribution is 7.19. The minimum atomic E-state index is -0.846. The van der Waals surface area contributed by atoms with Gasteiger partial charge in [0.2, 0.25) is 0 Å². The van der Waals surface area contributed by atoms with Crippen LogP contribution in [0.5, 0.6) is 0 Å². The van der Waals surface area contributed by atoms with Crippen LogP contribution in [0.15, 0.2) is 66.7 Å². The molecule has 0 radical (unpaired) electrons. The van der Waals surface area contributed by atoms with E-state index in [1.807, 2.05) is 55.5 Å². The Morgan fingerprint density at radius 3 is 2.65 bits per heavy atom. The van der Waals surface area contributed by atoms with Gasteiger partial charge < -0.3 is 5.11 Å². The quantitative estimate of drug-likeness (QED) is 0.267. The molecule has 0 aliphatic rings. The highest BCUT2D eigenvalue weighted by Gasteiger charge is 2.17. The number of rotatable bonds is 7. The van der Waals surface area contributed by atoms with Crippen molar-refractivity contribution in [2.75, 3.05) is 0 Å². The van der Waals surface area contributed by atoms with E-state index in [4.69, 9.17) is 21.7 Å². The van der Waals surface area contributed by atoms with Gasteiger partial charge in [0.05, 0.1) is 22.5 Å². The smallest absolute Gasteiger partial charge is 0.303 e. The maximum absolute atomic E-state index is 11.3. The highest BCUT2D eigenvalue weighted by atomic mass is 35.5. The Morgan fingerprint density at radius 2 is 1.82 bits per heavy atom. The SMILES string of the molecule is Cc1nn(Cc2cccc3ccccc23)c(Cl)c1/C=C(/CCC(=O)O)c1nc2ccccc2s1. The molecule has 5 rings (SSSR count). The lowest BCUT2D eigenvalue weighted by molar-refractivity contribution is -0.136. The first kappa shape index (κ1) is 22.3. The van der Waals surface area contributed by atoms with E-state index in [9.17, 15) is 9.90 Å². The molecule has 2 heterocycles. The van der Waals surface area contributed by atoms with Crippen LogP contribution in [0.3, 0.4) is 0 Å². The average Bonchev–Trinajstić information content (AvgIpc) is 3.38. The van der Waals surface area contributed by atoms with Crippen molar-refractivity contribution < 1.29 is 9.90 Å². The summed E-state index contributed by atoms with van der Waals surface area (Å²) in [5.41, 5.74) is 4.47. The van der Waals surface area contributed by atoms with Crippen LogP contribution in [0, 0.1) is 6.92 Å². The van der Waals surface area contributed by atoms with Crippen LogP contribution in [0.2, 0.25) is 5.15 Å². The first-order chi connectivity index (χ1) is 16.5. The molecular weight excluding hydrogens is 466 g/mol. The molecule has 0 amide bonds. The Kier molecular flexibility index (Phi) is 6.18. The van der Waals surface area contributed by atoms with Gasteiger partial charge >= 0.3 is 5.97 Å². The molecule has 5 nitrogen and oxygen atoms in total. The number of fused-ring (bicyclic) bond motifs is 2. The van der Waals surface area contributed by atoms with Crippen LogP contribution in [-0.2, 0) is 11.3 Å². The summed E-state index contributed by atoms with van der Waals surface area (Å²) in [7, 11) is 0. The number of allylic oxidation sites excluding steroid dienone is 1. The second kappa shape index (κ2) is 9.41. The van der Waals surface area contributed by atoms with Gasteiger partial charge in [0, 0.05) is 12.0 Å². The zero-order valence-electron chi connectivity index (χ0n) is 18.5. The first-order valence-corrected chi connectivity index (χ1v) is 12.2. The first-order valence-electron chi connectivity index (χ1n) is 11.0. The van der Waals surface area contributed by atoms with Crippen LogP contribution in [-0.4, -0.2) is 25.8 Å². The standard InChI is InChI=1S/C27H22ClN3O2S/c1-17-22(15-19(13-14-25(32)33)27-29-23-11-4-5-12-24(23)34-27)26(28)31(30-17)16-20-9-6-8-18-7-2-3-10-21(18)20/h2-12,15H,13-14,16H2,1H3,(H,32,33)/b19-15-. The van der Waals surface area contributed by atoms with Crippen molar-refractivity contribution in [3.05, 3.63) is 93.7 Å². The van der Waals surface area contributed by atoms with Gasteiger partial charge in [-0.05, 0) is 53.5 Å². The topological polar surface area (TPSA) is 68.0 Å². The number of thiazole rings is 1. The second-order valence-electron chi connectivity index (χ2n) is 8.14. The molecule has 0 fully saturated rings. The predicted molar refractivity (Wildman–Crippen MR) is 139 cm³/mol. The van der Waals surface area contributed by atoms with Crippen LogP contribution in [0.1, 0.15) is 34.7 Å². The molecule has 0 aliphatic heterocycles. The molecule has 0 saturated carbocycles. The van der Waals surface area contributed by atoms with Gasteiger partial charge in [-0.25, -0.2) is 9.67 Å². The summed E-state index contributed by atoms with van der Waals surface area (Å²) in [6.45, 7) is 2.46. The number of hydrogen-bond donors (Lipinski definition) is 1. The molecule has 0 unspecified atom stereocenters. The lowest BCUT2D eigenvalue weighted by Gasteiger charge is -2.08. The number of nitrogens with zero attached hydrogens (tertiary/aromatic N) is 3. The van der Waals surface area contributed by atoms with E-state index in [0.717, 1.165) is 37.6 Å². The normalized spacial score (nSPS) is 12.0. The van der Waals surface area contributed by atoms with E-state index in [1.165, 1.54) is 10.8 Å². The number of benzene rings is 3. The Hall–Kier alpha value is -3.48. The van der Waals surface area contributed by atoms with Gasteiger partial charge in [0.25, 0.3) is 0 Å². The van der Waals surface area contributed by atoms with Crippen LogP contribution < -0.4 is 0 Å². The molecule has 0 aliphatic carbocycles. The van der Waals surface area contributed by atoms with Crippen LogP contribution in [0.4, 0.5) is 0 Å². The number of carboxylic acids is 1. The number of halogens is 1. The Labute approximate surface area is 206 Å². The van der Waals surface area contributed by atoms with Gasteiger partial charge in [-0.3, -0.25) is 4.79 Å². The van der Waals surface area contributed by atoms with Crippen LogP contribution in [0.25, 0.3) is 32.6 Å². The number of para-hydroxylation sites is 1. The minimum absolute atomic E-state index is 0.0164. The Balaban J connectivity index is 1.54. The molecule has 170 valence electrons. The summed E-state index contributed by atoms with van der Waals surface area (Å²) in [4.78, 5) is 16.1. The Bertz CT molecular complexity index is 1510. The third-order valence-corrected chi connectivity index (χ3v) is 7.32. The Morgan fingerprint density at radius 1 is 1.06 bits per heavy atom. The molecule has 5 aromatic rings. The number of hydrogen-bond acceptors (Lipinski definition) is 4. The summed E-state index contributed by atoms with van der Waals surface area (Å²) >= 11 is 8.38. The van der Waals surface area contributed by atoms with Gasteiger partial charge in [-0.15, -0.1) is 11.3 Å². The van der Waals surface area contributed by atoms with Crippen molar-refractivity contribution in [2.45, 2.75) is 26.3 Å². The molecule has 0 spiro atoms. The van der Waals surface area contributed by atoms with E-state index < -0.39 is 5.97 Å². The summed E-state index contributed by atoms with van der Waals surface area (Å²) < 4.78 is 2.87. The zero-order valence-corrected chi connectivity index (χ0v) is 20.1. The summed E-state index contributed by atoms with van der Waals surface area (Å²) in [6, 6.07) is 22.4. The third-order valence-electron chi connectivity index (χ3n) is 5.80. The molecule has 0 bridgehead atoms. The monoisotopic (exact) mass is 487 g/mol. The van der Waals surface area contributed by atoms with E-state index in [-0.39, 0.29) is 6.42 Å². The van der Waals surface area contributed by atoms with Crippen molar-refractivity contribution in [1.82, 2.24) is 14.8 Å². The molecule has 3 aromatic carbocycles. The van der Waals surface area contributed by atoms with Gasteiger partial charge in [0.15, 0.2) is 0 Å². The molecule has 7 heteroatoms. The van der Waals surface area contributed by atoms with Gasteiger partial charge in [-0.1, -0.05) is 66.2 Å². The van der Waals surface area contributed by atoms with E-state index in [1.54, 1.807) is 16.0 Å². The van der Waals surface area contributed by atoms with E-state index in [0.29, 0.717) is 18.1 Å². The van der Waals surface area contributed by atoms with Crippen molar-refractivity contribution in [3.8, 4) is 0 Å². The van der Waals surface area contributed by atoms with Crippen molar-refractivity contribution >= 4 is 61.5 Å². The molecular formula is C27H22ClN3O2S. The average molecular weight is 488 g/mol. The highest BCUT2D eigenvalue weighted by Crippen LogP contribution is 2.33. The maximum atomic E-state index is 11.3. The number of carbonyl (C=O) groups is 1. The fourth-order valence-corrected chi connectivity index (χ4v) is 5.39. The molecule has 0 atom stereocenters. The fraction of sp³-hybridized carbons (Fsp3) is 0.148. The van der Waals surface area contributed by atoms with Crippen LogP contribution >= 0.6 is 22.9 Å². The van der Waals surface area contributed by atoms with Gasteiger partial charge in [-0.2, -0.15) is 5.10 Å². The minimum Gasteiger partial charge on any atom is -0.481 e. The summed E-state index contributed by atoms with van der Waals surface area (Å²) in [5, 5.41) is 17.7. The second-order valence-corrected chi connectivity index (χ2v) is 9.52. The molecule has 2 aromatic heterocycles. The van der Waals surface area contributed by atoms with Crippen molar-refractivity contribution in [1.29, 1.82) is 0 Å². The molecule has 1 N–H and O–H groups in total. The number of aliphatic carboxylic acids is 1. The summed E-state index contributed by atoms with van der Waals surface area (Å²) in [5.74, 6) is -0.846. The van der Waals surface area contributed by atoms with E-state index >= 15 is 0 Å².